The van der Waals surface area contributed by atoms with Gasteiger partial charge in [0, 0.05) is 19.1 Å². The molecule has 0 aromatic heterocycles. The smallest absolute Gasteiger partial charge is 0.0216 e. The molecule has 0 heterocycles. The van der Waals surface area contributed by atoms with Gasteiger partial charge in [-0.2, -0.15) is 0 Å². The third kappa shape index (κ3) is 4.43. The number of nitrogens with two attached hydrogens (primary N) is 1. The second-order valence-electron chi connectivity index (χ2n) is 6.41. The third-order valence-corrected chi connectivity index (χ3v) is 3.45. The van der Waals surface area contributed by atoms with Crippen molar-refractivity contribution in [1.82, 2.24) is 5.32 Å². The number of benzene rings is 1. The van der Waals surface area contributed by atoms with E-state index in [1.165, 1.54) is 11.1 Å². The SMILES string of the molecule is CC(C)C(CN)NCc1ccc(C(C)(C)C)cc1. The van der Waals surface area contributed by atoms with E-state index in [1.807, 2.05) is 0 Å². The molecule has 0 aliphatic rings. The maximum absolute atomic E-state index is 5.76. The van der Waals surface area contributed by atoms with Crippen LogP contribution >= 0.6 is 0 Å². The number of hydrogen-bond acceptors (Lipinski definition) is 2. The first-order chi connectivity index (χ1) is 8.34. The summed E-state index contributed by atoms with van der Waals surface area (Å²) in [7, 11) is 0. The van der Waals surface area contributed by atoms with Crippen LogP contribution in [-0.2, 0) is 12.0 Å². The Kier molecular flexibility index (Phi) is 5.36. The maximum atomic E-state index is 5.76. The molecule has 0 amide bonds. The predicted octanol–water partition coefficient (Wildman–Crippen LogP) is 3.06. The van der Waals surface area contributed by atoms with Gasteiger partial charge >= 0.3 is 0 Å². The van der Waals surface area contributed by atoms with Gasteiger partial charge in [0.1, 0.15) is 0 Å². The van der Waals surface area contributed by atoms with E-state index in [2.05, 4.69) is 64.2 Å². The van der Waals surface area contributed by atoms with Gasteiger partial charge in [0.15, 0.2) is 0 Å². The van der Waals surface area contributed by atoms with E-state index >= 15 is 0 Å². The van der Waals surface area contributed by atoms with E-state index in [-0.39, 0.29) is 5.41 Å². The highest BCUT2D eigenvalue weighted by Gasteiger charge is 2.13. The summed E-state index contributed by atoms with van der Waals surface area (Å²) in [5.41, 5.74) is 8.68. The van der Waals surface area contributed by atoms with Crippen molar-refractivity contribution in [2.75, 3.05) is 6.54 Å². The second-order valence-corrected chi connectivity index (χ2v) is 6.41. The van der Waals surface area contributed by atoms with Crippen LogP contribution in [-0.4, -0.2) is 12.6 Å². The number of nitrogens with one attached hydrogen (secondary N) is 1. The standard InChI is InChI=1S/C16H28N2/c1-12(2)15(10-17)18-11-13-6-8-14(9-7-13)16(3,4)5/h6-9,12,15,18H,10-11,17H2,1-5H3. The predicted molar refractivity (Wildman–Crippen MR) is 79.7 cm³/mol. The van der Waals surface area contributed by atoms with Crippen molar-refractivity contribution in [2.24, 2.45) is 11.7 Å². The summed E-state index contributed by atoms with van der Waals surface area (Å²) >= 11 is 0. The highest BCUT2D eigenvalue weighted by molar-refractivity contribution is 5.27. The molecule has 18 heavy (non-hydrogen) atoms. The molecule has 0 spiro atoms. The Balaban J connectivity index is 2.59. The molecular formula is C16H28N2. The first-order valence-corrected chi connectivity index (χ1v) is 6.87. The fraction of sp³-hybridized carbons (Fsp3) is 0.625. The van der Waals surface area contributed by atoms with Gasteiger partial charge in [-0.1, -0.05) is 58.9 Å². The van der Waals surface area contributed by atoms with Crippen LogP contribution in [0, 0.1) is 5.92 Å². The lowest BCUT2D eigenvalue weighted by Gasteiger charge is -2.22. The fourth-order valence-electron chi connectivity index (χ4n) is 1.96. The van der Waals surface area contributed by atoms with Crippen molar-refractivity contribution in [2.45, 2.75) is 52.6 Å². The Morgan fingerprint density at radius 1 is 1.11 bits per heavy atom. The van der Waals surface area contributed by atoms with Gasteiger partial charge < -0.3 is 11.1 Å². The second kappa shape index (κ2) is 6.35. The van der Waals surface area contributed by atoms with Crippen molar-refractivity contribution >= 4 is 0 Å². The topological polar surface area (TPSA) is 38.0 Å². The molecule has 0 aliphatic heterocycles. The Morgan fingerprint density at radius 3 is 2.06 bits per heavy atom. The zero-order chi connectivity index (χ0) is 13.8. The first-order valence-electron chi connectivity index (χ1n) is 6.87. The molecule has 3 N–H and O–H groups in total. The largest absolute Gasteiger partial charge is 0.329 e. The van der Waals surface area contributed by atoms with Crippen LogP contribution in [0.3, 0.4) is 0 Å². The Labute approximate surface area is 112 Å². The van der Waals surface area contributed by atoms with E-state index in [1.54, 1.807) is 0 Å². The Hall–Kier alpha value is -0.860. The minimum absolute atomic E-state index is 0.226. The van der Waals surface area contributed by atoms with Gasteiger partial charge in [-0.3, -0.25) is 0 Å². The summed E-state index contributed by atoms with van der Waals surface area (Å²) in [5, 5.41) is 3.52. The molecule has 0 saturated heterocycles. The van der Waals surface area contributed by atoms with Crippen LogP contribution in [0.4, 0.5) is 0 Å². The van der Waals surface area contributed by atoms with Crippen molar-refractivity contribution in [3.63, 3.8) is 0 Å². The van der Waals surface area contributed by atoms with Crippen LogP contribution in [0.1, 0.15) is 45.7 Å². The summed E-state index contributed by atoms with van der Waals surface area (Å²) in [6, 6.07) is 9.27. The maximum Gasteiger partial charge on any atom is 0.0216 e. The molecule has 1 unspecified atom stereocenters. The zero-order valence-corrected chi connectivity index (χ0v) is 12.5. The summed E-state index contributed by atoms with van der Waals surface area (Å²) in [4.78, 5) is 0. The van der Waals surface area contributed by atoms with Crippen molar-refractivity contribution in [3.8, 4) is 0 Å². The molecule has 1 aromatic carbocycles. The lowest BCUT2D eigenvalue weighted by Crippen LogP contribution is -2.39. The van der Waals surface area contributed by atoms with Crippen LogP contribution in [0.15, 0.2) is 24.3 Å². The lowest BCUT2D eigenvalue weighted by molar-refractivity contribution is 0.405. The van der Waals surface area contributed by atoms with Gasteiger partial charge in [-0.15, -0.1) is 0 Å². The molecule has 0 bridgehead atoms. The zero-order valence-electron chi connectivity index (χ0n) is 12.5. The number of hydrogen-bond donors (Lipinski definition) is 2. The van der Waals surface area contributed by atoms with Gasteiger partial charge in [0.2, 0.25) is 0 Å². The van der Waals surface area contributed by atoms with Gasteiger partial charge in [0.25, 0.3) is 0 Å². The van der Waals surface area contributed by atoms with E-state index in [4.69, 9.17) is 5.73 Å². The van der Waals surface area contributed by atoms with Gasteiger partial charge in [-0.05, 0) is 22.5 Å². The molecule has 2 nitrogen and oxygen atoms in total. The molecule has 1 atom stereocenters. The van der Waals surface area contributed by atoms with E-state index in [0.717, 1.165) is 6.54 Å². The fourth-order valence-corrected chi connectivity index (χ4v) is 1.96. The quantitative estimate of drug-likeness (QED) is 0.840. The molecule has 102 valence electrons. The Bertz CT molecular complexity index is 346. The first kappa shape index (κ1) is 15.2. The summed E-state index contributed by atoms with van der Waals surface area (Å²) in [5.74, 6) is 0.573. The minimum atomic E-state index is 0.226. The molecule has 0 fully saturated rings. The average Bonchev–Trinajstić information content (AvgIpc) is 2.29. The normalized spacial score (nSPS) is 13.9. The Morgan fingerprint density at radius 2 is 1.67 bits per heavy atom. The van der Waals surface area contributed by atoms with Gasteiger partial charge in [0.05, 0.1) is 0 Å². The van der Waals surface area contributed by atoms with Crippen molar-refractivity contribution in [3.05, 3.63) is 35.4 Å². The van der Waals surface area contributed by atoms with E-state index < -0.39 is 0 Å². The monoisotopic (exact) mass is 248 g/mol. The molecule has 0 saturated carbocycles. The van der Waals surface area contributed by atoms with Crippen LogP contribution < -0.4 is 11.1 Å². The summed E-state index contributed by atoms with van der Waals surface area (Å²) < 4.78 is 0. The molecule has 1 aromatic rings. The molecule has 0 radical (unpaired) electrons. The van der Waals surface area contributed by atoms with Crippen LogP contribution in [0.2, 0.25) is 0 Å². The molecule has 2 heteroatoms. The van der Waals surface area contributed by atoms with Crippen molar-refractivity contribution < 1.29 is 0 Å². The lowest BCUT2D eigenvalue weighted by atomic mass is 9.87. The molecule has 1 rings (SSSR count). The van der Waals surface area contributed by atoms with Crippen molar-refractivity contribution in [1.29, 1.82) is 0 Å². The van der Waals surface area contributed by atoms with E-state index in [9.17, 15) is 0 Å². The average molecular weight is 248 g/mol. The molecule has 0 aliphatic carbocycles. The molecular weight excluding hydrogens is 220 g/mol. The minimum Gasteiger partial charge on any atom is -0.329 e. The van der Waals surface area contributed by atoms with Crippen LogP contribution in [0.25, 0.3) is 0 Å². The highest BCUT2D eigenvalue weighted by atomic mass is 14.9. The highest BCUT2D eigenvalue weighted by Crippen LogP contribution is 2.22. The summed E-state index contributed by atoms with van der Waals surface area (Å²) in [6.07, 6.45) is 0. The van der Waals surface area contributed by atoms with Crippen LogP contribution in [0.5, 0.6) is 0 Å². The van der Waals surface area contributed by atoms with Gasteiger partial charge in [-0.25, -0.2) is 0 Å². The van der Waals surface area contributed by atoms with E-state index in [0.29, 0.717) is 18.5 Å². The summed E-state index contributed by atoms with van der Waals surface area (Å²) in [6.45, 7) is 12.7. The third-order valence-electron chi connectivity index (χ3n) is 3.45. The number of rotatable bonds is 5.